The maximum absolute atomic E-state index is 13.8. The summed E-state index contributed by atoms with van der Waals surface area (Å²) in [5.74, 6) is -0.136. The van der Waals surface area contributed by atoms with Gasteiger partial charge in [-0.2, -0.15) is 0 Å². The molecule has 88 valence electrons. The summed E-state index contributed by atoms with van der Waals surface area (Å²) in [6.45, 7) is 1.90. The molecular formula is C15H14BrF. The fourth-order valence-corrected chi connectivity index (χ4v) is 2.56. The van der Waals surface area contributed by atoms with Gasteiger partial charge in [0.05, 0.1) is 0 Å². The molecule has 0 aliphatic carbocycles. The molecule has 0 aromatic heterocycles. The van der Waals surface area contributed by atoms with Gasteiger partial charge in [-0.1, -0.05) is 58.4 Å². The van der Waals surface area contributed by atoms with Gasteiger partial charge in [-0.05, 0) is 30.5 Å². The van der Waals surface area contributed by atoms with Crippen molar-refractivity contribution in [3.63, 3.8) is 0 Å². The van der Waals surface area contributed by atoms with Crippen LogP contribution in [0.4, 0.5) is 4.39 Å². The summed E-state index contributed by atoms with van der Waals surface area (Å²) in [4.78, 5) is 0.0190. The van der Waals surface area contributed by atoms with Crippen LogP contribution in [-0.4, -0.2) is 0 Å². The number of hydrogen-bond acceptors (Lipinski definition) is 0. The molecule has 0 amide bonds. The van der Waals surface area contributed by atoms with E-state index in [9.17, 15) is 4.39 Å². The smallest absolute Gasteiger partial charge is 0.127 e. The first-order valence-corrected chi connectivity index (χ1v) is 6.52. The first kappa shape index (κ1) is 12.3. The maximum atomic E-state index is 13.8. The molecule has 0 nitrogen and oxygen atoms in total. The van der Waals surface area contributed by atoms with Crippen molar-refractivity contribution in [2.75, 3.05) is 0 Å². The van der Waals surface area contributed by atoms with Crippen LogP contribution < -0.4 is 0 Å². The van der Waals surface area contributed by atoms with Gasteiger partial charge in [-0.3, -0.25) is 0 Å². The Hall–Kier alpha value is -1.15. The lowest BCUT2D eigenvalue weighted by atomic mass is 10.0. The minimum Gasteiger partial charge on any atom is -0.207 e. The van der Waals surface area contributed by atoms with Crippen molar-refractivity contribution in [1.29, 1.82) is 0 Å². The van der Waals surface area contributed by atoms with E-state index in [4.69, 9.17) is 0 Å². The summed E-state index contributed by atoms with van der Waals surface area (Å²) >= 11 is 3.56. The minimum absolute atomic E-state index is 0.0190. The van der Waals surface area contributed by atoms with Crippen molar-refractivity contribution in [2.24, 2.45) is 0 Å². The number of halogens is 2. The predicted octanol–water partition coefficient (Wildman–Crippen LogP) is 4.81. The Bertz CT molecular complexity index is 494. The Morgan fingerprint density at radius 3 is 2.47 bits per heavy atom. The molecule has 0 saturated heterocycles. The van der Waals surface area contributed by atoms with E-state index < -0.39 is 0 Å². The third-order valence-electron chi connectivity index (χ3n) is 2.75. The van der Waals surface area contributed by atoms with Crippen LogP contribution in [0.25, 0.3) is 0 Å². The lowest BCUT2D eigenvalue weighted by Crippen LogP contribution is -1.98. The molecule has 1 unspecified atom stereocenters. The molecule has 0 aliphatic rings. The van der Waals surface area contributed by atoms with E-state index in [1.807, 2.05) is 37.3 Å². The summed E-state index contributed by atoms with van der Waals surface area (Å²) in [5, 5.41) is 0. The molecule has 0 aliphatic heterocycles. The standard InChI is InChI=1S/C15H14BrF/c1-11-7-8-13(15(17)9-11)14(16)10-12-5-3-2-4-6-12/h2-9,14H,10H2,1H3. The summed E-state index contributed by atoms with van der Waals surface area (Å²) in [6.07, 6.45) is 0.792. The zero-order chi connectivity index (χ0) is 12.3. The fraction of sp³-hybridized carbons (Fsp3) is 0.200. The molecule has 2 rings (SSSR count). The van der Waals surface area contributed by atoms with Crippen molar-refractivity contribution in [1.82, 2.24) is 0 Å². The number of benzene rings is 2. The van der Waals surface area contributed by atoms with Crippen molar-refractivity contribution in [3.8, 4) is 0 Å². The zero-order valence-corrected chi connectivity index (χ0v) is 11.2. The van der Waals surface area contributed by atoms with Gasteiger partial charge in [0.15, 0.2) is 0 Å². The van der Waals surface area contributed by atoms with Gasteiger partial charge in [0.2, 0.25) is 0 Å². The van der Waals surface area contributed by atoms with Crippen LogP contribution in [0.3, 0.4) is 0 Å². The number of rotatable bonds is 3. The van der Waals surface area contributed by atoms with E-state index in [0.717, 1.165) is 17.5 Å². The molecule has 0 spiro atoms. The minimum atomic E-state index is -0.136. The van der Waals surface area contributed by atoms with Gasteiger partial charge in [0.25, 0.3) is 0 Å². The van der Waals surface area contributed by atoms with E-state index in [2.05, 4.69) is 28.1 Å². The Balaban J connectivity index is 2.17. The van der Waals surface area contributed by atoms with Gasteiger partial charge in [0, 0.05) is 10.4 Å². The van der Waals surface area contributed by atoms with Crippen LogP contribution in [0, 0.1) is 12.7 Å². The van der Waals surface area contributed by atoms with Crippen molar-refractivity contribution in [2.45, 2.75) is 18.2 Å². The lowest BCUT2D eigenvalue weighted by Gasteiger charge is -2.11. The van der Waals surface area contributed by atoms with Crippen LogP contribution in [0.2, 0.25) is 0 Å². The van der Waals surface area contributed by atoms with Gasteiger partial charge in [-0.25, -0.2) is 4.39 Å². The van der Waals surface area contributed by atoms with Gasteiger partial charge >= 0.3 is 0 Å². The highest BCUT2D eigenvalue weighted by molar-refractivity contribution is 9.09. The van der Waals surface area contributed by atoms with E-state index in [0.29, 0.717) is 0 Å². The van der Waals surface area contributed by atoms with E-state index in [1.54, 1.807) is 6.07 Å². The van der Waals surface area contributed by atoms with Crippen molar-refractivity contribution >= 4 is 15.9 Å². The van der Waals surface area contributed by atoms with E-state index in [1.165, 1.54) is 5.56 Å². The SMILES string of the molecule is Cc1ccc(C(Br)Cc2ccccc2)c(F)c1. The molecule has 2 aromatic carbocycles. The molecule has 0 bridgehead atoms. The predicted molar refractivity (Wildman–Crippen MR) is 73.0 cm³/mol. The second-order valence-corrected chi connectivity index (χ2v) is 5.29. The fourth-order valence-electron chi connectivity index (χ4n) is 1.82. The van der Waals surface area contributed by atoms with Crippen molar-refractivity contribution in [3.05, 3.63) is 71.0 Å². The molecule has 2 aromatic rings. The van der Waals surface area contributed by atoms with Crippen LogP contribution in [0.1, 0.15) is 21.5 Å². The van der Waals surface area contributed by atoms with Gasteiger partial charge < -0.3 is 0 Å². The quantitative estimate of drug-likeness (QED) is 0.712. The third-order valence-corrected chi connectivity index (χ3v) is 3.57. The first-order chi connectivity index (χ1) is 8.16. The van der Waals surface area contributed by atoms with Crippen LogP contribution in [0.15, 0.2) is 48.5 Å². The second kappa shape index (κ2) is 5.46. The Kier molecular flexibility index (Phi) is 3.95. The molecule has 1 atom stereocenters. The highest BCUT2D eigenvalue weighted by Gasteiger charge is 2.12. The van der Waals surface area contributed by atoms with Crippen LogP contribution in [0.5, 0.6) is 0 Å². The van der Waals surface area contributed by atoms with Crippen LogP contribution >= 0.6 is 15.9 Å². The van der Waals surface area contributed by atoms with Crippen LogP contribution in [-0.2, 0) is 6.42 Å². The molecule has 0 heterocycles. The summed E-state index contributed by atoms with van der Waals surface area (Å²) in [7, 11) is 0. The first-order valence-electron chi connectivity index (χ1n) is 5.61. The average molecular weight is 293 g/mol. The largest absolute Gasteiger partial charge is 0.207 e. The molecule has 0 saturated carbocycles. The monoisotopic (exact) mass is 292 g/mol. The molecule has 0 fully saturated rings. The van der Waals surface area contributed by atoms with E-state index >= 15 is 0 Å². The second-order valence-electron chi connectivity index (χ2n) is 4.18. The molecule has 0 N–H and O–H groups in total. The highest BCUT2D eigenvalue weighted by atomic mass is 79.9. The summed E-state index contributed by atoms with van der Waals surface area (Å²) < 4.78 is 13.8. The molecule has 0 radical (unpaired) electrons. The number of aryl methyl sites for hydroxylation is 1. The Labute approximate surface area is 110 Å². The topological polar surface area (TPSA) is 0 Å². The number of alkyl halides is 1. The van der Waals surface area contributed by atoms with Gasteiger partial charge in [0.1, 0.15) is 5.82 Å². The molecule has 17 heavy (non-hydrogen) atoms. The van der Waals surface area contributed by atoms with Gasteiger partial charge in [-0.15, -0.1) is 0 Å². The lowest BCUT2D eigenvalue weighted by molar-refractivity contribution is 0.607. The zero-order valence-electron chi connectivity index (χ0n) is 9.66. The van der Waals surface area contributed by atoms with Crippen molar-refractivity contribution < 1.29 is 4.39 Å². The summed E-state index contributed by atoms with van der Waals surface area (Å²) in [6, 6.07) is 15.5. The third kappa shape index (κ3) is 3.16. The molecule has 2 heteroatoms. The summed E-state index contributed by atoms with van der Waals surface area (Å²) in [5.41, 5.74) is 2.87. The average Bonchev–Trinajstić information content (AvgIpc) is 2.30. The normalized spacial score (nSPS) is 12.4. The van der Waals surface area contributed by atoms with E-state index in [-0.39, 0.29) is 10.6 Å². The number of hydrogen-bond donors (Lipinski definition) is 0. The highest BCUT2D eigenvalue weighted by Crippen LogP contribution is 2.29. The Morgan fingerprint density at radius 2 is 1.82 bits per heavy atom. The maximum Gasteiger partial charge on any atom is 0.127 e. The molecular weight excluding hydrogens is 279 g/mol. The Morgan fingerprint density at radius 1 is 1.12 bits per heavy atom.